The summed E-state index contributed by atoms with van der Waals surface area (Å²) in [5, 5.41) is 2.06. The maximum Gasteiger partial charge on any atom is 0.0913 e. The highest BCUT2D eigenvalue weighted by atomic mass is 35.5. The molecule has 0 fully saturated rings. The van der Waals surface area contributed by atoms with Crippen molar-refractivity contribution in [2.75, 3.05) is 5.73 Å². The van der Waals surface area contributed by atoms with E-state index in [1.807, 2.05) is 6.07 Å². The third-order valence-corrected chi connectivity index (χ3v) is 3.84. The van der Waals surface area contributed by atoms with Crippen LogP contribution in [0.3, 0.4) is 0 Å². The molecule has 0 bridgehead atoms. The number of aromatic nitrogens is 1. The first-order chi connectivity index (χ1) is 8.16. The summed E-state index contributed by atoms with van der Waals surface area (Å²) in [4.78, 5) is 4.65. The van der Waals surface area contributed by atoms with Crippen LogP contribution < -0.4 is 5.73 Å². The second-order valence-corrected chi connectivity index (χ2v) is 5.29. The van der Waals surface area contributed by atoms with E-state index in [1.54, 1.807) is 6.07 Å². The monoisotopic (exact) mass is 266 g/mol. The highest BCUT2D eigenvalue weighted by molar-refractivity contribution is 6.38. The van der Waals surface area contributed by atoms with Crippen LogP contribution in [-0.4, -0.2) is 4.98 Å². The van der Waals surface area contributed by atoms with Crippen LogP contribution in [-0.2, 0) is 12.8 Å². The molecule has 0 atom stereocenters. The Balaban J connectivity index is 2.40. The average Bonchev–Trinajstić information content (AvgIpc) is 2.31. The molecule has 0 saturated heterocycles. The summed E-state index contributed by atoms with van der Waals surface area (Å²) in [6, 6.07) is 3.56. The van der Waals surface area contributed by atoms with Gasteiger partial charge in [0.2, 0.25) is 0 Å². The molecule has 0 radical (unpaired) electrons. The van der Waals surface area contributed by atoms with Gasteiger partial charge in [0.25, 0.3) is 0 Å². The minimum Gasteiger partial charge on any atom is -0.398 e. The molecule has 2 N–H and O–H groups in total. The fraction of sp³-hybridized carbons (Fsp3) is 0.308. The first-order valence-corrected chi connectivity index (χ1v) is 6.48. The van der Waals surface area contributed by atoms with Crippen LogP contribution in [0.4, 0.5) is 5.69 Å². The summed E-state index contributed by atoms with van der Waals surface area (Å²) < 4.78 is 0. The predicted octanol–water partition coefficient (Wildman–Crippen LogP) is 4.00. The largest absolute Gasteiger partial charge is 0.398 e. The van der Waals surface area contributed by atoms with Gasteiger partial charge in [-0.3, -0.25) is 4.98 Å². The van der Waals surface area contributed by atoms with E-state index in [0.717, 1.165) is 35.1 Å². The van der Waals surface area contributed by atoms with Crippen LogP contribution >= 0.6 is 23.2 Å². The van der Waals surface area contributed by atoms with Crippen molar-refractivity contribution in [1.82, 2.24) is 4.98 Å². The third-order valence-electron chi connectivity index (χ3n) is 3.33. The van der Waals surface area contributed by atoms with Gasteiger partial charge in [-0.05, 0) is 43.4 Å². The van der Waals surface area contributed by atoms with Crippen molar-refractivity contribution in [3.63, 3.8) is 0 Å². The van der Waals surface area contributed by atoms with E-state index in [4.69, 9.17) is 28.9 Å². The number of halogens is 2. The van der Waals surface area contributed by atoms with Crippen LogP contribution in [0.1, 0.15) is 24.1 Å². The number of nitrogens with two attached hydrogens (primary N) is 1. The average molecular weight is 267 g/mol. The summed E-state index contributed by atoms with van der Waals surface area (Å²) in [6.45, 7) is 0. The van der Waals surface area contributed by atoms with Gasteiger partial charge < -0.3 is 5.73 Å². The lowest BCUT2D eigenvalue weighted by Crippen LogP contribution is -2.09. The zero-order valence-electron chi connectivity index (χ0n) is 9.26. The minimum atomic E-state index is 0.576. The SMILES string of the molecule is Nc1c2c(nc3c(Cl)cc(Cl)cc13)CCCC2. The predicted molar refractivity (Wildman–Crippen MR) is 72.8 cm³/mol. The van der Waals surface area contributed by atoms with E-state index in [2.05, 4.69) is 4.98 Å². The highest BCUT2D eigenvalue weighted by Gasteiger charge is 2.17. The number of hydrogen-bond donors (Lipinski definition) is 1. The first kappa shape index (κ1) is 11.1. The van der Waals surface area contributed by atoms with Crippen molar-refractivity contribution in [3.05, 3.63) is 33.4 Å². The number of nitrogen functional groups attached to an aromatic ring is 1. The van der Waals surface area contributed by atoms with Gasteiger partial charge in [0.15, 0.2) is 0 Å². The second-order valence-electron chi connectivity index (χ2n) is 4.44. The molecule has 1 aromatic carbocycles. The van der Waals surface area contributed by atoms with Gasteiger partial charge in [-0.25, -0.2) is 0 Å². The van der Waals surface area contributed by atoms with Gasteiger partial charge in [0.1, 0.15) is 0 Å². The molecule has 1 aliphatic carbocycles. The van der Waals surface area contributed by atoms with Crippen molar-refractivity contribution in [2.24, 2.45) is 0 Å². The van der Waals surface area contributed by atoms with Gasteiger partial charge in [0, 0.05) is 21.8 Å². The summed E-state index contributed by atoms with van der Waals surface area (Å²) >= 11 is 12.2. The van der Waals surface area contributed by atoms with Gasteiger partial charge >= 0.3 is 0 Å². The summed E-state index contributed by atoms with van der Waals surface area (Å²) in [7, 11) is 0. The number of nitrogens with zero attached hydrogens (tertiary/aromatic N) is 1. The van der Waals surface area contributed by atoms with Crippen molar-refractivity contribution in [2.45, 2.75) is 25.7 Å². The first-order valence-electron chi connectivity index (χ1n) is 5.73. The molecule has 0 spiro atoms. The molecule has 0 amide bonds. The maximum atomic E-state index is 6.22. The Kier molecular flexibility index (Phi) is 2.64. The molecule has 0 aliphatic heterocycles. The van der Waals surface area contributed by atoms with Crippen molar-refractivity contribution >= 4 is 39.8 Å². The Labute approximate surface area is 110 Å². The van der Waals surface area contributed by atoms with E-state index in [1.165, 1.54) is 18.4 Å². The minimum absolute atomic E-state index is 0.576. The standard InChI is InChI=1S/C13H12Cl2N2/c14-7-5-9-12(16)8-3-1-2-4-11(8)17-13(9)10(15)6-7/h5-6H,1-4H2,(H2,16,17). The normalized spacial score (nSPS) is 14.9. The molecule has 3 rings (SSSR count). The molecule has 88 valence electrons. The fourth-order valence-electron chi connectivity index (χ4n) is 2.49. The molecular weight excluding hydrogens is 255 g/mol. The van der Waals surface area contributed by atoms with Gasteiger partial charge in [-0.1, -0.05) is 23.2 Å². The molecule has 2 aromatic rings. The van der Waals surface area contributed by atoms with Crippen molar-refractivity contribution < 1.29 is 0 Å². The zero-order chi connectivity index (χ0) is 12.0. The number of aryl methyl sites for hydroxylation is 1. The van der Waals surface area contributed by atoms with Crippen LogP contribution in [0.2, 0.25) is 10.0 Å². The van der Waals surface area contributed by atoms with Crippen LogP contribution in [0.5, 0.6) is 0 Å². The van der Waals surface area contributed by atoms with Crippen molar-refractivity contribution in [3.8, 4) is 0 Å². The van der Waals surface area contributed by atoms with Crippen LogP contribution in [0, 0.1) is 0 Å². The number of hydrogen-bond acceptors (Lipinski definition) is 2. The molecule has 1 heterocycles. The van der Waals surface area contributed by atoms with Crippen LogP contribution in [0.15, 0.2) is 12.1 Å². The van der Waals surface area contributed by atoms with E-state index in [-0.39, 0.29) is 0 Å². The van der Waals surface area contributed by atoms with E-state index < -0.39 is 0 Å². The smallest absolute Gasteiger partial charge is 0.0913 e. The topological polar surface area (TPSA) is 38.9 Å². The van der Waals surface area contributed by atoms with Gasteiger partial charge in [-0.15, -0.1) is 0 Å². The zero-order valence-corrected chi connectivity index (χ0v) is 10.8. The Morgan fingerprint density at radius 1 is 1.12 bits per heavy atom. The lowest BCUT2D eigenvalue weighted by Gasteiger charge is -2.19. The summed E-state index contributed by atoms with van der Waals surface area (Å²) in [5.41, 5.74) is 10.1. The third kappa shape index (κ3) is 1.76. The van der Waals surface area contributed by atoms with Gasteiger partial charge in [0.05, 0.1) is 10.5 Å². The lowest BCUT2D eigenvalue weighted by atomic mass is 9.93. The second kappa shape index (κ2) is 4.04. The molecular formula is C13H12Cl2N2. The Bertz CT molecular complexity index is 608. The molecule has 17 heavy (non-hydrogen) atoms. The maximum absolute atomic E-state index is 6.22. The lowest BCUT2D eigenvalue weighted by molar-refractivity contribution is 0.673. The number of fused-ring (bicyclic) bond motifs is 2. The van der Waals surface area contributed by atoms with Crippen LogP contribution in [0.25, 0.3) is 10.9 Å². The molecule has 4 heteroatoms. The molecule has 1 aliphatic rings. The number of anilines is 1. The Morgan fingerprint density at radius 3 is 2.71 bits per heavy atom. The summed E-state index contributed by atoms with van der Waals surface area (Å²) in [6.07, 6.45) is 4.36. The Morgan fingerprint density at radius 2 is 1.88 bits per heavy atom. The fourth-order valence-corrected chi connectivity index (χ4v) is 3.02. The van der Waals surface area contributed by atoms with Gasteiger partial charge in [-0.2, -0.15) is 0 Å². The number of rotatable bonds is 0. The molecule has 2 nitrogen and oxygen atoms in total. The highest BCUT2D eigenvalue weighted by Crippen LogP contribution is 2.35. The Hall–Kier alpha value is -0.990. The quantitative estimate of drug-likeness (QED) is 0.783. The molecule has 0 unspecified atom stereocenters. The molecule has 0 saturated carbocycles. The van der Waals surface area contributed by atoms with E-state index in [9.17, 15) is 0 Å². The van der Waals surface area contributed by atoms with E-state index >= 15 is 0 Å². The molecule has 1 aromatic heterocycles. The van der Waals surface area contributed by atoms with Crippen molar-refractivity contribution in [1.29, 1.82) is 0 Å². The summed E-state index contributed by atoms with van der Waals surface area (Å²) in [5.74, 6) is 0. The van der Waals surface area contributed by atoms with E-state index in [0.29, 0.717) is 10.0 Å². The number of benzene rings is 1. The number of pyridine rings is 1.